The summed E-state index contributed by atoms with van der Waals surface area (Å²) in [6.45, 7) is 9.26. The first kappa shape index (κ1) is 13.0. The summed E-state index contributed by atoms with van der Waals surface area (Å²) >= 11 is 0. The van der Waals surface area contributed by atoms with Crippen LogP contribution in [0.2, 0.25) is 0 Å². The fourth-order valence-electron chi connectivity index (χ4n) is 2.01. The van der Waals surface area contributed by atoms with Crippen LogP contribution in [0.3, 0.4) is 0 Å². The summed E-state index contributed by atoms with van der Waals surface area (Å²) in [6, 6.07) is 0.330. The van der Waals surface area contributed by atoms with E-state index < -0.39 is 0 Å². The number of hydrogen-bond donors (Lipinski definition) is 1. The summed E-state index contributed by atoms with van der Waals surface area (Å²) in [5, 5.41) is 4.39. The molecule has 0 aliphatic carbocycles. The molecule has 0 fully saturated rings. The Balaban J connectivity index is 3.22. The molecule has 0 aliphatic heterocycles. The second-order valence-corrected chi connectivity index (χ2v) is 5.02. The first-order valence-corrected chi connectivity index (χ1v) is 5.76. The summed E-state index contributed by atoms with van der Waals surface area (Å²) in [4.78, 5) is 0. The van der Waals surface area contributed by atoms with Crippen LogP contribution in [0, 0.1) is 0 Å². The van der Waals surface area contributed by atoms with E-state index >= 15 is 0 Å². The first-order valence-electron chi connectivity index (χ1n) is 5.76. The second kappa shape index (κ2) is 4.87. The highest BCUT2D eigenvalue weighted by atomic mass is 16.5. The summed E-state index contributed by atoms with van der Waals surface area (Å²) in [5.74, 6) is 0.854. The zero-order valence-corrected chi connectivity index (χ0v) is 10.9. The third-order valence-electron chi connectivity index (χ3n) is 2.88. The fourth-order valence-corrected chi connectivity index (χ4v) is 2.01. The summed E-state index contributed by atoms with van der Waals surface area (Å²) in [5.41, 5.74) is 6.79. The molecule has 0 aromatic carbocycles. The van der Waals surface area contributed by atoms with E-state index in [-0.39, 0.29) is 5.41 Å². The molecule has 92 valence electrons. The molecule has 1 aromatic rings. The van der Waals surface area contributed by atoms with Crippen LogP contribution in [-0.4, -0.2) is 23.4 Å². The molecule has 0 radical (unpaired) electrons. The molecule has 0 atom stereocenters. The predicted molar refractivity (Wildman–Crippen MR) is 65.9 cm³/mol. The van der Waals surface area contributed by atoms with Crippen molar-refractivity contribution in [3.63, 3.8) is 0 Å². The van der Waals surface area contributed by atoms with E-state index in [9.17, 15) is 0 Å². The Morgan fingerprint density at radius 3 is 2.56 bits per heavy atom. The van der Waals surface area contributed by atoms with Crippen molar-refractivity contribution < 1.29 is 4.74 Å². The van der Waals surface area contributed by atoms with Gasteiger partial charge in [-0.15, -0.1) is 0 Å². The van der Waals surface area contributed by atoms with Crippen LogP contribution < -0.4 is 10.5 Å². The van der Waals surface area contributed by atoms with Gasteiger partial charge in [0.25, 0.3) is 0 Å². The van der Waals surface area contributed by atoms with Gasteiger partial charge in [-0.05, 0) is 26.8 Å². The normalized spacial score (nSPS) is 12.2. The lowest BCUT2D eigenvalue weighted by atomic mass is 9.85. The van der Waals surface area contributed by atoms with Gasteiger partial charge in [0, 0.05) is 11.5 Å². The van der Waals surface area contributed by atoms with Crippen LogP contribution in [-0.2, 0) is 5.41 Å². The average Bonchev–Trinajstić information content (AvgIpc) is 2.61. The first-order chi connectivity index (χ1) is 7.44. The van der Waals surface area contributed by atoms with Gasteiger partial charge in [-0.25, -0.2) is 0 Å². The standard InChI is InChI=1S/C12H23N3O/c1-9(2)15-11(10(16-5)8-14-15)12(3,4)6-7-13/h8-9H,6-7,13H2,1-5H3. The Morgan fingerprint density at radius 2 is 2.12 bits per heavy atom. The van der Waals surface area contributed by atoms with E-state index in [1.165, 1.54) is 0 Å². The van der Waals surface area contributed by atoms with Gasteiger partial charge in [-0.3, -0.25) is 4.68 Å². The molecule has 0 saturated heterocycles. The second-order valence-electron chi connectivity index (χ2n) is 5.02. The van der Waals surface area contributed by atoms with Gasteiger partial charge in [0.2, 0.25) is 0 Å². The molecular formula is C12H23N3O. The monoisotopic (exact) mass is 225 g/mol. The highest BCUT2D eigenvalue weighted by Crippen LogP contribution is 2.35. The molecule has 1 rings (SSSR count). The van der Waals surface area contributed by atoms with Gasteiger partial charge in [0.05, 0.1) is 19.0 Å². The summed E-state index contributed by atoms with van der Waals surface area (Å²) < 4.78 is 7.41. The summed E-state index contributed by atoms with van der Waals surface area (Å²) in [6.07, 6.45) is 2.70. The number of nitrogens with two attached hydrogens (primary N) is 1. The van der Waals surface area contributed by atoms with Crippen LogP contribution in [0.4, 0.5) is 0 Å². The van der Waals surface area contributed by atoms with Gasteiger partial charge in [-0.2, -0.15) is 5.10 Å². The quantitative estimate of drug-likeness (QED) is 0.835. The molecule has 16 heavy (non-hydrogen) atoms. The lowest BCUT2D eigenvalue weighted by Crippen LogP contribution is -2.27. The molecular weight excluding hydrogens is 202 g/mol. The lowest BCUT2D eigenvalue weighted by molar-refractivity contribution is 0.361. The minimum atomic E-state index is -0.0130. The minimum absolute atomic E-state index is 0.0130. The van der Waals surface area contributed by atoms with Crippen molar-refractivity contribution in [3.05, 3.63) is 11.9 Å². The van der Waals surface area contributed by atoms with Gasteiger partial charge >= 0.3 is 0 Å². The van der Waals surface area contributed by atoms with Gasteiger partial charge in [-0.1, -0.05) is 13.8 Å². The largest absolute Gasteiger partial charge is 0.493 e. The Bertz CT molecular complexity index is 342. The molecule has 0 unspecified atom stereocenters. The smallest absolute Gasteiger partial charge is 0.160 e. The van der Waals surface area contributed by atoms with Crippen molar-refractivity contribution in [3.8, 4) is 5.75 Å². The van der Waals surface area contributed by atoms with Crippen LogP contribution in [0.5, 0.6) is 5.75 Å². The topological polar surface area (TPSA) is 53.1 Å². The van der Waals surface area contributed by atoms with E-state index in [0.29, 0.717) is 12.6 Å². The maximum atomic E-state index is 5.67. The Labute approximate surface area is 97.8 Å². The van der Waals surface area contributed by atoms with Crippen molar-refractivity contribution in [2.75, 3.05) is 13.7 Å². The Morgan fingerprint density at radius 1 is 1.50 bits per heavy atom. The molecule has 0 amide bonds. The molecule has 0 aliphatic rings. The SMILES string of the molecule is COc1cnn(C(C)C)c1C(C)(C)CCN. The van der Waals surface area contributed by atoms with Crippen molar-refractivity contribution in [1.82, 2.24) is 9.78 Å². The van der Waals surface area contributed by atoms with Crippen LogP contribution in [0.25, 0.3) is 0 Å². The Hall–Kier alpha value is -1.03. The molecule has 1 aromatic heterocycles. The third-order valence-corrected chi connectivity index (χ3v) is 2.88. The average molecular weight is 225 g/mol. The third kappa shape index (κ3) is 2.38. The zero-order chi connectivity index (χ0) is 12.3. The predicted octanol–water partition coefficient (Wildman–Crippen LogP) is 2.10. The van der Waals surface area contributed by atoms with Crippen LogP contribution in [0.1, 0.15) is 45.9 Å². The van der Waals surface area contributed by atoms with E-state index in [0.717, 1.165) is 17.9 Å². The lowest BCUT2D eigenvalue weighted by Gasteiger charge is -2.27. The van der Waals surface area contributed by atoms with Crippen LogP contribution in [0.15, 0.2) is 6.20 Å². The number of rotatable bonds is 5. The number of nitrogens with zero attached hydrogens (tertiary/aromatic N) is 2. The highest BCUT2D eigenvalue weighted by Gasteiger charge is 2.29. The van der Waals surface area contributed by atoms with Crippen molar-refractivity contribution in [2.24, 2.45) is 5.73 Å². The zero-order valence-electron chi connectivity index (χ0n) is 10.9. The van der Waals surface area contributed by atoms with E-state index in [1.54, 1.807) is 13.3 Å². The Kier molecular flexibility index (Phi) is 3.97. The maximum Gasteiger partial charge on any atom is 0.160 e. The minimum Gasteiger partial charge on any atom is -0.493 e. The van der Waals surface area contributed by atoms with Gasteiger partial charge in [0.1, 0.15) is 0 Å². The molecule has 0 bridgehead atoms. The molecule has 4 heteroatoms. The van der Waals surface area contributed by atoms with Crippen molar-refractivity contribution in [2.45, 2.75) is 45.6 Å². The van der Waals surface area contributed by atoms with Gasteiger partial charge < -0.3 is 10.5 Å². The van der Waals surface area contributed by atoms with E-state index in [4.69, 9.17) is 10.5 Å². The van der Waals surface area contributed by atoms with Crippen LogP contribution >= 0.6 is 0 Å². The van der Waals surface area contributed by atoms with Gasteiger partial charge in [0.15, 0.2) is 5.75 Å². The van der Waals surface area contributed by atoms with E-state index in [2.05, 4.69) is 32.8 Å². The van der Waals surface area contributed by atoms with Crippen molar-refractivity contribution >= 4 is 0 Å². The number of hydrogen-bond acceptors (Lipinski definition) is 3. The highest BCUT2D eigenvalue weighted by molar-refractivity contribution is 5.32. The maximum absolute atomic E-state index is 5.67. The number of aromatic nitrogens is 2. The van der Waals surface area contributed by atoms with Crippen molar-refractivity contribution in [1.29, 1.82) is 0 Å². The fraction of sp³-hybridized carbons (Fsp3) is 0.750. The molecule has 1 heterocycles. The summed E-state index contributed by atoms with van der Waals surface area (Å²) in [7, 11) is 1.68. The molecule has 0 spiro atoms. The number of ether oxygens (including phenoxy) is 1. The number of methoxy groups -OCH3 is 1. The molecule has 0 saturated carbocycles. The molecule has 2 N–H and O–H groups in total. The molecule has 4 nitrogen and oxygen atoms in total. The van der Waals surface area contributed by atoms with E-state index in [1.807, 2.05) is 4.68 Å².